The highest BCUT2D eigenvalue weighted by molar-refractivity contribution is 7.16. The zero-order valence-corrected chi connectivity index (χ0v) is 16.8. The molecule has 2 saturated heterocycles. The minimum Gasteiger partial charge on any atom is -0.334 e. The van der Waals surface area contributed by atoms with Gasteiger partial charge in [-0.05, 0) is 69.0 Å². The number of nitrogens with zero attached hydrogens (tertiary/aromatic N) is 3. The van der Waals surface area contributed by atoms with Crippen LogP contribution in [0.1, 0.15) is 47.8 Å². The minimum atomic E-state index is -0.491. The van der Waals surface area contributed by atoms with Gasteiger partial charge in [-0.1, -0.05) is 6.07 Å². The van der Waals surface area contributed by atoms with E-state index in [0.717, 1.165) is 30.8 Å². The quantitative estimate of drug-likeness (QED) is 0.762. The molecule has 2 aliphatic heterocycles. The summed E-state index contributed by atoms with van der Waals surface area (Å²) in [4.78, 5) is 18.8. The van der Waals surface area contributed by atoms with Crippen molar-refractivity contribution < 1.29 is 9.18 Å². The summed E-state index contributed by atoms with van der Waals surface area (Å²) in [5, 5.41) is 8.97. The van der Waals surface area contributed by atoms with Crippen molar-refractivity contribution in [2.24, 2.45) is 0 Å². The number of thiophene rings is 1. The number of hydrogen-bond acceptors (Lipinski definition) is 4. The summed E-state index contributed by atoms with van der Waals surface area (Å²) < 4.78 is 14.8. The van der Waals surface area contributed by atoms with Crippen LogP contribution < -0.4 is 0 Å². The number of likely N-dealkylation sites (tertiary alicyclic amines) is 2. The van der Waals surface area contributed by atoms with Crippen molar-refractivity contribution in [3.05, 3.63) is 46.6 Å². The Morgan fingerprint density at radius 1 is 1.25 bits per heavy atom. The average molecular weight is 398 g/mol. The predicted octanol–water partition coefficient (Wildman–Crippen LogP) is 4.51. The fraction of sp³-hybridized carbons (Fsp3) is 0.455. The van der Waals surface area contributed by atoms with Crippen molar-refractivity contribution >= 4 is 17.2 Å². The second-order valence-corrected chi connectivity index (χ2v) is 8.83. The average Bonchev–Trinajstić information content (AvgIpc) is 3.43. The number of nitriles is 1. The lowest BCUT2D eigenvalue weighted by Gasteiger charge is -2.31. The van der Waals surface area contributed by atoms with Crippen LogP contribution in [0, 0.1) is 17.1 Å². The Bertz CT molecular complexity index is 919. The SMILES string of the molecule is C[C@@H]1CCCN1C[C@@H]1CCCN1C(=O)c1ccc(-c2ccc(C#N)s2)cc1F. The summed E-state index contributed by atoms with van der Waals surface area (Å²) in [6, 6.07) is 11.1. The van der Waals surface area contributed by atoms with Gasteiger partial charge in [0.2, 0.25) is 0 Å². The van der Waals surface area contributed by atoms with Crippen LogP contribution in [0.15, 0.2) is 30.3 Å². The van der Waals surface area contributed by atoms with Crippen LogP contribution in [-0.4, -0.2) is 47.4 Å². The van der Waals surface area contributed by atoms with Gasteiger partial charge in [0, 0.05) is 30.1 Å². The van der Waals surface area contributed by atoms with Gasteiger partial charge in [-0.3, -0.25) is 9.69 Å². The topological polar surface area (TPSA) is 47.3 Å². The number of rotatable bonds is 4. The molecule has 0 aliphatic carbocycles. The van der Waals surface area contributed by atoms with E-state index in [-0.39, 0.29) is 17.5 Å². The standard InChI is InChI=1S/C22H24FN3OS/c1-15-4-2-10-25(15)14-17-5-3-11-26(17)22(27)19-8-6-16(12-20(19)23)21-9-7-18(13-24)28-21/h6-9,12,15,17H,2-5,10-11,14H2,1H3/t15-,17+/m1/s1. The lowest BCUT2D eigenvalue weighted by atomic mass is 10.1. The molecule has 0 bridgehead atoms. The van der Waals surface area contributed by atoms with Gasteiger partial charge in [-0.2, -0.15) is 5.26 Å². The highest BCUT2D eigenvalue weighted by Gasteiger charge is 2.33. The first-order chi connectivity index (χ1) is 13.6. The van der Waals surface area contributed by atoms with Gasteiger partial charge in [-0.15, -0.1) is 11.3 Å². The van der Waals surface area contributed by atoms with Crippen LogP contribution in [0.2, 0.25) is 0 Å². The van der Waals surface area contributed by atoms with Crippen LogP contribution in [0.4, 0.5) is 4.39 Å². The molecular formula is C22H24FN3OS. The van der Waals surface area contributed by atoms with Crippen molar-refractivity contribution in [3.63, 3.8) is 0 Å². The molecule has 0 unspecified atom stereocenters. The number of carbonyl (C=O) groups is 1. The smallest absolute Gasteiger partial charge is 0.257 e. The van der Waals surface area contributed by atoms with Crippen LogP contribution in [0.3, 0.4) is 0 Å². The maximum atomic E-state index is 14.8. The molecule has 0 saturated carbocycles. The Morgan fingerprint density at radius 3 is 2.75 bits per heavy atom. The molecule has 0 N–H and O–H groups in total. The molecular weight excluding hydrogens is 373 g/mol. The first-order valence-corrected chi connectivity index (χ1v) is 10.7. The van der Waals surface area contributed by atoms with Crippen LogP contribution in [0.25, 0.3) is 10.4 Å². The summed E-state index contributed by atoms with van der Waals surface area (Å²) >= 11 is 1.32. The second-order valence-electron chi connectivity index (χ2n) is 7.75. The Balaban J connectivity index is 1.51. The molecule has 2 fully saturated rings. The van der Waals surface area contributed by atoms with Crippen molar-refractivity contribution in [1.29, 1.82) is 5.26 Å². The lowest BCUT2D eigenvalue weighted by molar-refractivity contribution is 0.0692. The minimum absolute atomic E-state index is 0.141. The van der Waals surface area contributed by atoms with Crippen LogP contribution in [-0.2, 0) is 0 Å². The molecule has 2 aliphatic rings. The molecule has 1 aromatic carbocycles. The Hall–Kier alpha value is -2.23. The van der Waals surface area contributed by atoms with E-state index in [1.807, 2.05) is 11.0 Å². The highest BCUT2D eigenvalue weighted by atomic mass is 32.1. The zero-order chi connectivity index (χ0) is 19.7. The predicted molar refractivity (Wildman–Crippen MR) is 109 cm³/mol. The molecule has 4 rings (SSSR count). The van der Waals surface area contributed by atoms with Crippen molar-refractivity contribution in [2.75, 3.05) is 19.6 Å². The third-order valence-electron chi connectivity index (χ3n) is 5.97. The largest absolute Gasteiger partial charge is 0.334 e. The van der Waals surface area contributed by atoms with E-state index in [2.05, 4.69) is 17.9 Å². The maximum absolute atomic E-state index is 14.8. The Labute approximate surface area is 169 Å². The van der Waals surface area contributed by atoms with Gasteiger partial charge in [0.05, 0.1) is 5.56 Å². The summed E-state index contributed by atoms with van der Waals surface area (Å²) in [7, 11) is 0. The third-order valence-corrected chi connectivity index (χ3v) is 7.01. The zero-order valence-electron chi connectivity index (χ0n) is 16.0. The Morgan fingerprint density at radius 2 is 2.07 bits per heavy atom. The van der Waals surface area contributed by atoms with E-state index in [0.29, 0.717) is 23.0 Å². The van der Waals surface area contributed by atoms with Gasteiger partial charge >= 0.3 is 0 Å². The van der Waals surface area contributed by atoms with E-state index in [4.69, 9.17) is 5.26 Å². The van der Waals surface area contributed by atoms with Gasteiger partial charge < -0.3 is 4.90 Å². The summed E-state index contributed by atoms with van der Waals surface area (Å²) in [5.41, 5.74) is 0.839. The molecule has 3 heterocycles. The fourth-order valence-electron chi connectivity index (χ4n) is 4.38. The molecule has 0 spiro atoms. The van der Waals surface area contributed by atoms with Gasteiger partial charge in [0.25, 0.3) is 5.91 Å². The normalized spacial score (nSPS) is 22.5. The molecule has 4 nitrogen and oxygen atoms in total. The summed E-state index contributed by atoms with van der Waals surface area (Å²) in [6.07, 6.45) is 4.40. The first kappa shape index (κ1) is 19.1. The summed E-state index contributed by atoms with van der Waals surface area (Å²) in [5.74, 6) is -0.697. The van der Waals surface area contributed by atoms with Crippen LogP contribution in [0.5, 0.6) is 0 Å². The molecule has 2 atom stereocenters. The lowest BCUT2D eigenvalue weighted by Crippen LogP contribution is -2.44. The van der Waals surface area contributed by atoms with Crippen molar-refractivity contribution in [3.8, 4) is 16.5 Å². The Kier molecular flexibility index (Phi) is 5.47. The molecule has 2 aromatic rings. The summed E-state index contributed by atoms with van der Waals surface area (Å²) in [6.45, 7) is 4.92. The highest BCUT2D eigenvalue weighted by Crippen LogP contribution is 2.30. The molecule has 0 radical (unpaired) electrons. The molecule has 1 aromatic heterocycles. The second kappa shape index (κ2) is 8.02. The van der Waals surface area contributed by atoms with E-state index >= 15 is 0 Å². The molecule has 6 heteroatoms. The van der Waals surface area contributed by atoms with E-state index in [1.165, 1.54) is 30.2 Å². The van der Waals surface area contributed by atoms with Gasteiger partial charge in [-0.25, -0.2) is 4.39 Å². The number of halogens is 1. The fourth-order valence-corrected chi connectivity index (χ4v) is 5.18. The van der Waals surface area contributed by atoms with E-state index < -0.39 is 5.82 Å². The number of benzene rings is 1. The maximum Gasteiger partial charge on any atom is 0.257 e. The van der Waals surface area contributed by atoms with Crippen molar-refractivity contribution in [1.82, 2.24) is 9.80 Å². The third kappa shape index (κ3) is 3.69. The number of carbonyl (C=O) groups excluding carboxylic acids is 1. The van der Waals surface area contributed by atoms with E-state index in [9.17, 15) is 9.18 Å². The molecule has 28 heavy (non-hydrogen) atoms. The van der Waals surface area contributed by atoms with E-state index in [1.54, 1.807) is 18.2 Å². The van der Waals surface area contributed by atoms with Gasteiger partial charge in [0.15, 0.2) is 0 Å². The number of amides is 1. The van der Waals surface area contributed by atoms with Crippen LogP contribution >= 0.6 is 11.3 Å². The molecule has 146 valence electrons. The van der Waals surface area contributed by atoms with Crippen molar-refractivity contribution in [2.45, 2.75) is 44.7 Å². The number of hydrogen-bond donors (Lipinski definition) is 0. The first-order valence-electron chi connectivity index (χ1n) is 9.91. The monoisotopic (exact) mass is 397 g/mol. The molecule has 1 amide bonds. The van der Waals surface area contributed by atoms with Gasteiger partial charge in [0.1, 0.15) is 16.8 Å².